The first-order valence-corrected chi connectivity index (χ1v) is 16.6. The van der Waals surface area contributed by atoms with Crippen LogP contribution in [0.4, 0.5) is 0 Å². The molecule has 1 aliphatic carbocycles. The fourth-order valence-electron chi connectivity index (χ4n) is 8.09. The smallest absolute Gasteiger partial charge is 0.246 e. The molecule has 4 heterocycles. The molecule has 3 saturated heterocycles. The number of hydrogen-bond donors (Lipinski definition) is 2. The SMILES string of the molecule is C=CC(=O)N1CCN(C2NC(OCC3CCCN3C)NC3C[C@]4(CCC32)Cc2c(cccc2OC)CS4)CC1CC#N. The topological polar surface area (TPSA) is 93.1 Å². The molecule has 0 radical (unpaired) electrons. The zero-order valence-corrected chi connectivity index (χ0v) is 25.9. The number of amides is 1. The van der Waals surface area contributed by atoms with Gasteiger partial charge in [-0.1, -0.05) is 18.7 Å². The van der Waals surface area contributed by atoms with Crippen molar-refractivity contribution in [2.45, 2.75) is 86.1 Å². The van der Waals surface area contributed by atoms with E-state index in [1.54, 1.807) is 7.11 Å². The molecule has 9 nitrogen and oxygen atoms in total. The maximum atomic E-state index is 12.6. The van der Waals surface area contributed by atoms with Crippen LogP contribution in [0.2, 0.25) is 0 Å². The molecule has 1 spiro atoms. The van der Waals surface area contributed by atoms with Crippen molar-refractivity contribution in [2.24, 2.45) is 5.92 Å². The minimum absolute atomic E-state index is 0.0856. The Hall–Kier alpha value is -2.13. The fraction of sp³-hybridized carbons (Fsp3) is 0.688. The van der Waals surface area contributed by atoms with Crippen molar-refractivity contribution in [1.82, 2.24) is 25.3 Å². The zero-order chi connectivity index (χ0) is 29.3. The van der Waals surface area contributed by atoms with Gasteiger partial charge in [0.2, 0.25) is 5.91 Å². The molecule has 0 aromatic heterocycles. The van der Waals surface area contributed by atoms with Crippen molar-refractivity contribution in [3.8, 4) is 11.8 Å². The van der Waals surface area contributed by atoms with E-state index in [1.807, 2.05) is 4.90 Å². The molecule has 5 aliphatic rings. The third-order valence-corrected chi connectivity index (χ3v) is 12.0. The summed E-state index contributed by atoms with van der Waals surface area (Å²) in [4.78, 5) is 19.3. The lowest BCUT2D eigenvalue weighted by Gasteiger charge is -2.56. The Morgan fingerprint density at radius 3 is 2.90 bits per heavy atom. The van der Waals surface area contributed by atoms with E-state index in [-0.39, 0.29) is 29.2 Å². The lowest BCUT2D eigenvalue weighted by atomic mass is 9.72. The molecule has 6 rings (SSSR count). The van der Waals surface area contributed by atoms with Crippen LogP contribution in [0.25, 0.3) is 0 Å². The van der Waals surface area contributed by atoms with Crippen LogP contribution in [0.15, 0.2) is 30.9 Å². The van der Waals surface area contributed by atoms with Crippen molar-refractivity contribution >= 4 is 17.7 Å². The van der Waals surface area contributed by atoms with E-state index in [4.69, 9.17) is 9.47 Å². The standard InChI is InChI=1S/C32H46N6O3S/c1-4-29(39)38-16-15-37(19-23(38)11-13-33)30-25-10-12-32(17-26-22(21-42-32)7-5-9-28(26)40-3)18-27(25)34-31(35-30)41-20-24-8-6-14-36(24)2/h4-5,7,9,23-25,27,30-31,34-35H,1,6,8,10-12,14-21H2,2-3H3/t23?,24?,25?,27?,30?,31?,32-/m0/s1. The minimum atomic E-state index is -0.238. The van der Waals surface area contributed by atoms with Crippen molar-refractivity contribution in [1.29, 1.82) is 5.26 Å². The van der Waals surface area contributed by atoms with Gasteiger partial charge in [-0.15, -0.1) is 11.8 Å². The molecule has 7 atom stereocenters. The summed E-state index contributed by atoms with van der Waals surface area (Å²) in [6.07, 6.45) is 8.36. The number of ether oxygens (including phenoxy) is 2. The molecule has 2 N–H and O–H groups in total. The van der Waals surface area contributed by atoms with Gasteiger partial charge in [0.15, 0.2) is 6.35 Å². The van der Waals surface area contributed by atoms with Crippen LogP contribution in [0, 0.1) is 17.2 Å². The first-order valence-electron chi connectivity index (χ1n) is 15.6. The molecule has 0 bridgehead atoms. The third kappa shape index (κ3) is 5.97. The average molecular weight is 595 g/mol. The molecule has 1 saturated carbocycles. The Labute approximate surface area is 254 Å². The molecule has 1 amide bonds. The van der Waals surface area contributed by atoms with Crippen LogP contribution in [0.3, 0.4) is 0 Å². The molecule has 4 fully saturated rings. The summed E-state index contributed by atoms with van der Waals surface area (Å²) in [6.45, 7) is 7.58. The summed E-state index contributed by atoms with van der Waals surface area (Å²) in [5.74, 6) is 2.36. The maximum absolute atomic E-state index is 12.6. The molecule has 6 unspecified atom stereocenters. The summed E-state index contributed by atoms with van der Waals surface area (Å²) < 4.78 is 12.5. The third-order valence-electron chi connectivity index (χ3n) is 10.4. The number of methoxy groups -OCH3 is 1. The summed E-state index contributed by atoms with van der Waals surface area (Å²) in [5.41, 5.74) is 2.78. The van der Waals surface area contributed by atoms with Crippen LogP contribution in [0.5, 0.6) is 5.75 Å². The second-order valence-electron chi connectivity index (χ2n) is 12.8. The van der Waals surface area contributed by atoms with Gasteiger partial charge in [-0.3, -0.25) is 20.3 Å². The van der Waals surface area contributed by atoms with Gasteiger partial charge in [0, 0.05) is 48.1 Å². The Balaban J connectivity index is 1.22. The van der Waals surface area contributed by atoms with Gasteiger partial charge in [0.05, 0.1) is 38.4 Å². The number of hydrogen-bond acceptors (Lipinski definition) is 9. The summed E-state index contributed by atoms with van der Waals surface area (Å²) in [6, 6.07) is 9.40. The maximum Gasteiger partial charge on any atom is 0.246 e. The largest absolute Gasteiger partial charge is 0.496 e. The monoisotopic (exact) mass is 594 g/mol. The Kier molecular flexibility index (Phi) is 9.15. The van der Waals surface area contributed by atoms with Crippen molar-refractivity contribution < 1.29 is 14.3 Å². The number of nitrogens with zero attached hydrogens (tertiary/aromatic N) is 4. The Bertz CT molecular complexity index is 1180. The molecule has 228 valence electrons. The highest BCUT2D eigenvalue weighted by atomic mass is 32.2. The van der Waals surface area contributed by atoms with Crippen LogP contribution in [0.1, 0.15) is 49.7 Å². The number of fused-ring (bicyclic) bond motifs is 2. The number of rotatable bonds is 7. The minimum Gasteiger partial charge on any atom is -0.496 e. The number of likely N-dealkylation sites (N-methyl/N-ethyl adjacent to an activating group) is 1. The molecule has 10 heteroatoms. The van der Waals surface area contributed by atoms with E-state index in [9.17, 15) is 10.1 Å². The van der Waals surface area contributed by atoms with Crippen LogP contribution >= 0.6 is 11.8 Å². The van der Waals surface area contributed by atoms with E-state index in [1.165, 1.54) is 30.0 Å². The van der Waals surface area contributed by atoms with E-state index < -0.39 is 0 Å². The second-order valence-corrected chi connectivity index (χ2v) is 14.2. The van der Waals surface area contributed by atoms with Gasteiger partial charge in [-0.05, 0) is 75.4 Å². The molecule has 4 aliphatic heterocycles. The normalized spacial score (nSPS) is 35.3. The number of benzene rings is 1. The van der Waals surface area contributed by atoms with Crippen molar-refractivity contribution in [2.75, 3.05) is 46.9 Å². The van der Waals surface area contributed by atoms with E-state index in [0.717, 1.165) is 50.3 Å². The molecule has 1 aromatic carbocycles. The quantitative estimate of drug-likeness (QED) is 0.463. The number of nitrogens with one attached hydrogen (secondary N) is 2. The van der Waals surface area contributed by atoms with Gasteiger partial charge < -0.3 is 19.3 Å². The van der Waals surface area contributed by atoms with Crippen LogP contribution in [-0.4, -0.2) is 103 Å². The number of piperazine rings is 1. The summed E-state index contributed by atoms with van der Waals surface area (Å²) >= 11 is 2.12. The van der Waals surface area contributed by atoms with Gasteiger partial charge in [-0.25, -0.2) is 0 Å². The van der Waals surface area contributed by atoms with Gasteiger partial charge in [0.25, 0.3) is 0 Å². The predicted molar refractivity (Wildman–Crippen MR) is 165 cm³/mol. The molecule has 1 aromatic rings. The van der Waals surface area contributed by atoms with Crippen molar-refractivity contribution in [3.63, 3.8) is 0 Å². The second kappa shape index (κ2) is 12.8. The van der Waals surface area contributed by atoms with Gasteiger partial charge >= 0.3 is 0 Å². The zero-order valence-electron chi connectivity index (χ0n) is 25.1. The van der Waals surface area contributed by atoms with E-state index in [2.05, 4.69) is 70.1 Å². The fourth-order valence-corrected chi connectivity index (χ4v) is 9.63. The van der Waals surface area contributed by atoms with Gasteiger partial charge in [0.1, 0.15) is 5.75 Å². The Morgan fingerprint density at radius 2 is 2.14 bits per heavy atom. The lowest BCUT2D eigenvalue weighted by molar-refractivity contribution is -0.135. The molecule has 42 heavy (non-hydrogen) atoms. The first kappa shape index (κ1) is 29.9. The molecular formula is C32H46N6O3S. The van der Waals surface area contributed by atoms with E-state index >= 15 is 0 Å². The van der Waals surface area contributed by atoms with Crippen LogP contribution < -0.4 is 15.4 Å². The number of nitriles is 1. The number of likely N-dealkylation sites (tertiary alicyclic amines) is 1. The highest BCUT2D eigenvalue weighted by molar-refractivity contribution is 8.00. The highest BCUT2D eigenvalue weighted by Crippen LogP contribution is 2.51. The van der Waals surface area contributed by atoms with Crippen LogP contribution in [-0.2, 0) is 21.7 Å². The summed E-state index contributed by atoms with van der Waals surface area (Å²) in [7, 11) is 3.98. The Morgan fingerprint density at radius 1 is 1.26 bits per heavy atom. The molecular weight excluding hydrogens is 548 g/mol. The lowest BCUT2D eigenvalue weighted by Crippen LogP contribution is -2.73. The predicted octanol–water partition coefficient (Wildman–Crippen LogP) is 2.92. The van der Waals surface area contributed by atoms with Gasteiger partial charge in [-0.2, -0.15) is 5.26 Å². The first-order chi connectivity index (χ1) is 20.4. The average Bonchev–Trinajstić information content (AvgIpc) is 3.43. The van der Waals surface area contributed by atoms with E-state index in [0.29, 0.717) is 44.1 Å². The summed E-state index contributed by atoms with van der Waals surface area (Å²) in [5, 5.41) is 17.3. The number of thioether (sulfide) groups is 1. The highest BCUT2D eigenvalue weighted by Gasteiger charge is 2.50. The number of carbonyl (C=O) groups is 1. The van der Waals surface area contributed by atoms with Crippen molar-refractivity contribution in [3.05, 3.63) is 42.0 Å². The number of carbonyl (C=O) groups excluding carboxylic acids is 1.